The molecule has 0 aliphatic heterocycles. The van der Waals surface area contributed by atoms with Crippen LogP contribution in [-0.2, 0) is 29.8 Å². The Kier molecular flexibility index (Phi) is 15.7. The van der Waals surface area contributed by atoms with E-state index in [1.807, 2.05) is 0 Å². The Bertz CT molecular complexity index is 546. The number of nitrogens with one attached hydrogen (secondary N) is 2. The quantitative estimate of drug-likeness (QED) is 0.259. The van der Waals surface area contributed by atoms with Crippen molar-refractivity contribution in [3.63, 3.8) is 0 Å². The summed E-state index contributed by atoms with van der Waals surface area (Å²) in [6, 6.07) is 0. The molecule has 0 spiro atoms. The molecule has 0 heterocycles. The van der Waals surface area contributed by atoms with Crippen molar-refractivity contribution in [2.24, 2.45) is 0 Å². The first-order valence-electron chi connectivity index (χ1n) is 5.59. The van der Waals surface area contributed by atoms with E-state index in [4.69, 9.17) is 0 Å². The number of hydrogen-bond donors (Lipinski definition) is 2. The fourth-order valence-electron chi connectivity index (χ4n) is 0.743. The molecular formula is C10H16MgN2O8S2. The van der Waals surface area contributed by atoms with Gasteiger partial charge in [0.15, 0.2) is 0 Å². The fraction of sp³-hybridized carbons (Fsp3) is 0.400. The van der Waals surface area contributed by atoms with Gasteiger partial charge in [-0.2, -0.15) is 0 Å². The van der Waals surface area contributed by atoms with Gasteiger partial charge in [-0.15, -0.1) is 0 Å². The van der Waals surface area contributed by atoms with E-state index in [0.29, 0.717) is 0 Å². The average molecular weight is 381 g/mol. The molecule has 0 saturated carbocycles. The van der Waals surface area contributed by atoms with Gasteiger partial charge in [0.1, 0.15) is 0 Å². The Morgan fingerprint density at radius 3 is 1.26 bits per heavy atom. The maximum Gasteiger partial charge on any atom is 2.00 e. The minimum Gasteiger partial charge on any atom is -0.748 e. The van der Waals surface area contributed by atoms with Gasteiger partial charge in [0, 0.05) is 13.1 Å². The predicted octanol–water partition coefficient (Wildman–Crippen LogP) is -2.71. The van der Waals surface area contributed by atoms with Crippen molar-refractivity contribution in [2.45, 2.75) is 0 Å². The first kappa shape index (κ1) is 26.9. The number of hydrogen-bond acceptors (Lipinski definition) is 8. The minimum absolute atomic E-state index is 0. The summed E-state index contributed by atoms with van der Waals surface area (Å²) >= 11 is 0. The normalized spacial score (nSPS) is 10.2. The monoisotopic (exact) mass is 380 g/mol. The van der Waals surface area contributed by atoms with Gasteiger partial charge in [0.2, 0.25) is 11.8 Å². The molecule has 2 amide bonds. The van der Waals surface area contributed by atoms with Crippen LogP contribution in [0.25, 0.3) is 0 Å². The molecule has 0 rings (SSSR count). The number of carbonyl (C=O) groups is 2. The van der Waals surface area contributed by atoms with Gasteiger partial charge in [-0.3, -0.25) is 9.59 Å². The van der Waals surface area contributed by atoms with Gasteiger partial charge >= 0.3 is 23.1 Å². The van der Waals surface area contributed by atoms with E-state index >= 15 is 0 Å². The van der Waals surface area contributed by atoms with Crippen LogP contribution in [0, 0.1) is 0 Å². The Morgan fingerprint density at radius 1 is 0.826 bits per heavy atom. The first-order valence-corrected chi connectivity index (χ1v) is 8.74. The van der Waals surface area contributed by atoms with E-state index in [1.165, 1.54) is 0 Å². The molecule has 0 aromatic carbocycles. The number of carbonyl (C=O) groups excluding carboxylic acids is 2. The average Bonchev–Trinajstić information content (AvgIpc) is 2.36. The van der Waals surface area contributed by atoms with Gasteiger partial charge < -0.3 is 19.7 Å². The minimum atomic E-state index is -4.23. The van der Waals surface area contributed by atoms with E-state index in [0.717, 1.165) is 12.2 Å². The molecule has 0 fully saturated rings. The molecular weight excluding hydrogens is 365 g/mol. The van der Waals surface area contributed by atoms with Gasteiger partial charge in [0.25, 0.3) is 0 Å². The summed E-state index contributed by atoms with van der Waals surface area (Å²) in [6.45, 7) is 5.93. The van der Waals surface area contributed by atoms with Gasteiger partial charge in [0.05, 0.1) is 31.7 Å². The van der Waals surface area contributed by atoms with Gasteiger partial charge in [-0.05, 0) is 12.2 Å². The molecule has 0 aromatic heterocycles. The summed E-state index contributed by atoms with van der Waals surface area (Å²) in [4.78, 5) is 20.7. The third-order valence-corrected chi connectivity index (χ3v) is 3.08. The second-order valence-corrected chi connectivity index (χ2v) is 6.56. The van der Waals surface area contributed by atoms with Crippen LogP contribution in [0.15, 0.2) is 25.3 Å². The van der Waals surface area contributed by atoms with Crippen molar-refractivity contribution in [1.29, 1.82) is 0 Å². The second-order valence-electron chi connectivity index (χ2n) is 3.51. The zero-order valence-corrected chi connectivity index (χ0v) is 15.2. The van der Waals surface area contributed by atoms with Crippen molar-refractivity contribution >= 4 is 55.1 Å². The van der Waals surface area contributed by atoms with Crippen LogP contribution in [0.1, 0.15) is 0 Å². The standard InChI is InChI=1S/2C5H9NO4S.Mg/c2*1-2-5(7)6-3-4-11(8,9)10;/h2*2H,1,3-4H2,(H,6,7)(H,8,9,10);/q;;+2/p-2. The summed E-state index contributed by atoms with van der Waals surface area (Å²) in [5.74, 6) is -2.17. The predicted molar refractivity (Wildman–Crippen MR) is 81.3 cm³/mol. The second kappa shape index (κ2) is 13.4. The van der Waals surface area contributed by atoms with Crippen molar-refractivity contribution in [3.8, 4) is 0 Å². The Labute approximate surface area is 151 Å². The number of amides is 2. The summed E-state index contributed by atoms with van der Waals surface area (Å²) in [7, 11) is -8.45. The number of rotatable bonds is 8. The molecule has 128 valence electrons. The van der Waals surface area contributed by atoms with Gasteiger partial charge in [-0.1, -0.05) is 13.2 Å². The maximum atomic E-state index is 10.4. The summed E-state index contributed by atoms with van der Waals surface area (Å²) in [5, 5.41) is 4.31. The summed E-state index contributed by atoms with van der Waals surface area (Å²) in [5.41, 5.74) is 0. The van der Waals surface area contributed by atoms with Crippen LogP contribution in [0.5, 0.6) is 0 Å². The van der Waals surface area contributed by atoms with Crippen LogP contribution in [0.2, 0.25) is 0 Å². The van der Waals surface area contributed by atoms with Crippen LogP contribution < -0.4 is 10.6 Å². The van der Waals surface area contributed by atoms with Crippen LogP contribution >= 0.6 is 0 Å². The zero-order chi connectivity index (χ0) is 17.8. The van der Waals surface area contributed by atoms with E-state index in [2.05, 4.69) is 23.8 Å². The molecule has 10 nitrogen and oxygen atoms in total. The smallest absolute Gasteiger partial charge is 0.748 e. The van der Waals surface area contributed by atoms with Crippen molar-refractivity contribution < 1.29 is 35.5 Å². The van der Waals surface area contributed by atoms with E-state index in [1.54, 1.807) is 0 Å². The molecule has 0 atom stereocenters. The topological polar surface area (TPSA) is 173 Å². The molecule has 0 aliphatic carbocycles. The van der Waals surface area contributed by atoms with Crippen molar-refractivity contribution in [3.05, 3.63) is 25.3 Å². The molecule has 0 aromatic rings. The summed E-state index contributed by atoms with van der Waals surface area (Å²) in [6.07, 6.45) is 1.99. The van der Waals surface area contributed by atoms with Crippen molar-refractivity contribution in [1.82, 2.24) is 10.6 Å². The van der Waals surface area contributed by atoms with E-state index in [-0.39, 0.29) is 36.1 Å². The molecule has 0 unspecified atom stereocenters. The molecule has 13 heteroatoms. The Hall–Kier alpha value is -0.994. The molecule has 2 N–H and O–H groups in total. The van der Waals surface area contributed by atoms with Crippen LogP contribution in [0.3, 0.4) is 0 Å². The van der Waals surface area contributed by atoms with Crippen LogP contribution in [-0.4, -0.2) is 85.4 Å². The maximum absolute atomic E-state index is 10.4. The third-order valence-electron chi connectivity index (χ3n) is 1.67. The first-order chi connectivity index (χ1) is 9.91. The largest absolute Gasteiger partial charge is 2.00 e. The van der Waals surface area contributed by atoms with E-state index in [9.17, 15) is 35.5 Å². The van der Waals surface area contributed by atoms with Gasteiger partial charge in [-0.25, -0.2) is 16.8 Å². The van der Waals surface area contributed by atoms with Crippen molar-refractivity contribution in [2.75, 3.05) is 24.6 Å². The van der Waals surface area contributed by atoms with Crippen LogP contribution in [0.4, 0.5) is 0 Å². The Morgan fingerprint density at radius 2 is 1.09 bits per heavy atom. The molecule has 23 heavy (non-hydrogen) atoms. The third kappa shape index (κ3) is 26.2. The fourth-order valence-corrected chi connectivity index (χ4v) is 1.45. The molecule has 0 saturated heterocycles. The summed E-state index contributed by atoms with van der Waals surface area (Å²) < 4.78 is 59.8. The SMILES string of the molecule is C=CC(=O)NCCS(=O)(=O)[O-].C=CC(=O)NCCS(=O)(=O)[O-].[Mg+2]. The zero-order valence-electron chi connectivity index (χ0n) is 12.2. The molecule has 0 aliphatic rings. The van der Waals surface area contributed by atoms with E-state index < -0.39 is 43.6 Å². The molecule has 0 radical (unpaired) electrons. The molecule has 0 bridgehead atoms. The Balaban J connectivity index is -0.000000333.